The Morgan fingerprint density at radius 3 is 2.21 bits per heavy atom. The van der Waals surface area contributed by atoms with E-state index in [2.05, 4.69) is 4.74 Å². The van der Waals surface area contributed by atoms with Crippen molar-refractivity contribution in [3.05, 3.63) is 52.3 Å². The fourth-order valence-electron chi connectivity index (χ4n) is 1.62. The van der Waals surface area contributed by atoms with E-state index < -0.39 is 18.2 Å². The second kappa shape index (κ2) is 5.72. The molecule has 1 nitrogen and oxygen atoms in total. The predicted octanol–water partition coefficient (Wildman–Crippen LogP) is 5.40. The lowest BCUT2D eigenvalue weighted by Crippen LogP contribution is -2.03. The van der Waals surface area contributed by atoms with Gasteiger partial charge >= 0.3 is 6.61 Å². The fraction of sp³-hybridized carbons (Fsp3) is 0.0769. The zero-order valence-electron chi connectivity index (χ0n) is 9.34. The van der Waals surface area contributed by atoms with E-state index in [1.54, 1.807) is 18.2 Å². The van der Waals surface area contributed by atoms with Gasteiger partial charge in [0.05, 0.1) is 0 Å². The summed E-state index contributed by atoms with van der Waals surface area (Å²) < 4.78 is 41.7. The van der Waals surface area contributed by atoms with Crippen molar-refractivity contribution in [3.8, 4) is 16.9 Å². The maximum absolute atomic E-state index is 13.3. The number of benzene rings is 2. The first-order valence-electron chi connectivity index (χ1n) is 5.18. The molecule has 0 radical (unpaired) electrons. The van der Waals surface area contributed by atoms with Crippen molar-refractivity contribution in [2.24, 2.45) is 0 Å². The Morgan fingerprint density at radius 1 is 1.00 bits per heavy atom. The van der Waals surface area contributed by atoms with Gasteiger partial charge in [-0.3, -0.25) is 0 Å². The first-order chi connectivity index (χ1) is 8.99. The normalized spacial score (nSPS) is 10.8. The summed E-state index contributed by atoms with van der Waals surface area (Å²) in [4.78, 5) is 0. The lowest BCUT2D eigenvalue weighted by atomic mass is 10.1. The summed E-state index contributed by atoms with van der Waals surface area (Å²) in [7, 11) is 0. The molecule has 19 heavy (non-hydrogen) atoms. The minimum absolute atomic E-state index is 0.335. The summed E-state index contributed by atoms with van der Waals surface area (Å²) in [5.74, 6) is -1.43. The number of hydrogen-bond acceptors (Lipinski definition) is 1. The Labute approximate surface area is 117 Å². The predicted molar refractivity (Wildman–Crippen MR) is 68.5 cm³/mol. The van der Waals surface area contributed by atoms with Crippen LogP contribution >= 0.6 is 23.2 Å². The van der Waals surface area contributed by atoms with Crippen LogP contribution in [0.2, 0.25) is 10.0 Å². The van der Waals surface area contributed by atoms with Crippen LogP contribution < -0.4 is 4.74 Å². The molecule has 0 saturated carbocycles. The molecule has 2 aromatic carbocycles. The van der Waals surface area contributed by atoms with Crippen LogP contribution in [0.15, 0.2) is 36.4 Å². The first kappa shape index (κ1) is 14.0. The number of halogens is 5. The topological polar surface area (TPSA) is 9.23 Å². The molecule has 2 aromatic rings. The molecule has 0 heterocycles. The standard InChI is InChI=1S/C13H7Cl2F3O/c14-8-2-1-3-9(15)12(8)7-4-5-10(16)11(6-7)19-13(17)18/h1-6,13H. The van der Waals surface area contributed by atoms with Crippen LogP contribution in [0.1, 0.15) is 0 Å². The van der Waals surface area contributed by atoms with Crippen LogP contribution in [0.4, 0.5) is 13.2 Å². The van der Waals surface area contributed by atoms with Crippen LogP contribution in [0.5, 0.6) is 5.75 Å². The van der Waals surface area contributed by atoms with Crippen LogP contribution in [-0.2, 0) is 0 Å². The minimum Gasteiger partial charge on any atom is -0.432 e. The molecule has 0 aromatic heterocycles. The van der Waals surface area contributed by atoms with Gasteiger partial charge in [-0.05, 0) is 29.8 Å². The average Bonchev–Trinajstić information content (AvgIpc) is 2.32. The maximum Gasteiger partial charge on any atom is 0.387 e. The van der Waals surface area contributed by atoms with E-state index in [0.717, 1.165) is 12.1 Å². The van der Waals surface area contributed by atoms with E-state index in [1.807, 2.05) is 0 Å². The SMILES string of the molecule is Fc1ccc(-c2c(Cl)cccc2Cl)cc1OC(F)F. The van der Waals surface area contributed by atoms with E-state index in [0.29, 0.717) is 21.2 Å². The van der Waals surface area contributed by atoms with Gasteiger partial charge in [-0.2, -0.15) is 8.78 Å². The summed E-state index contributed by atoms with van der Waals surface area (Å²) in [6, 6.07) is 8.38. The van der Waals surface area contributed by atoms with Crippen molar-refractivity contribution in [1.82, 2.24) is 0 Å². The summed E-state index contributed by atoms with van der Waals surface area (Å²) in [6.07, 6.45) is 0. The quantitative estimate of drug-likeness (QED) is 0.737. The van der Waals surface area contributed by atoms with E-state index in [9.17, 15) is 13.2 Å². The van der Waals surface area contributed by atoms with Crippen molar-refractivity contribution < 1.29 is 17.9 Å². The summed E-state index contributed by atoms with van der Waals surface area (Å²) in [5, 5.41) is 0.671. The highest BCUT2D eigenvalue weighted by Gasteiger charge is 2.14. The number of ether oxygens (including phenoxy) is 1. The van der Waals surface area contributed by atoms with Crippen molar-refractivity contribution in [3.63, 3.8) is 0 Å². The van der Waals surface area contributed by atoms with Gasteiger partial charge in [0, 0.05) is 15.6 Å². The smallest absolute Gasteiger partial charge is 0.387 e. The molecule has 0 unspecified atom stereocenters. The van der Waals surface area contributed by atoms with E-state index in [1.165, 1.54) is 6.07 Å². The molecule has 0 aliphatic rings. The molecule has 0 spiro atoms. The fourth-order valence-corrected chi connectivity index (χ4v) is 2.23. The molecule has 0 N–H and O–H groups in total. The Hall–Kier alpha value is -1.39. The summed E-state index contributed by atoms with van der Waals surface area (Å²) in [6.45, 7) is -3.11. The Balaban J connectivity index is 2.52. The first-order valence-corrected chi connectivity index (χ1v) is 5.93. The second-order valence-electron chi connectivity index (χ2n) is 3.62. The molecule has 0 aliphatic heterocycles. The number of alkyl halides is 2. The highest BCUT2D eigenvalue weighted by molar-refractivity contribution is 6.39. The van der Waals surface area contributed by atoms with Crippen LogP contribution in [0, 0.1) is 5.82 Å². The Kier molecular flexibility index (Phi) is 4.22. The van der Waals surface area contributed by atoms with Gasteiger partial charge in [-0.25, -0.2) is 4.39 Å². The van der Waals surface area contributed by atoms with Crippen molar-refractivity contribution in [2.45, 2.75) is 6.61 Å². The molecular weight excluding hydrogens is 300 g/mol. The van der Waals surface area contributed by atoms with E-state index >= 15 is 0 Å². The third-order valence-electron chi connectivity index (χ3n) is 2.40. The highest BCUT2D eigenvalue weighted by Crippen LogP contribution is 2.36. The van der Waals surface area contributed by atoms with Gasteiger partial charge in [-0.15, -0.1) is 0 Å². The Bertz CT molecular complexity index is 582. The molecule has 0 saturated heterocycles. The minimum atomic E-state index is -3.11. The van der Waals surface area contributed by atoms with E-state index in [-0.39, 0.29) is 0 Å². The van der Waals surface area contributed by atoms with Crippen molar-refractivity contribution in [2.75, 3.05) is 0 Å². The van der Waals surface area contributed by atoms with Crippen LogP contribution in [0.25, 0.3) is 11.1 Å². The number of hydrogen-bond donors (Lipinski definition) is 0. The van der Waals surface area contributed by atoms with Gasteiger partial charge in [0.2, 0.25) is 0 Å². The second-order valence-corrected chi connectivity index (χ2v) is 4.43. The van der Waals surface area contributed by atoms with Gasteiger partial charge in [0.1, 0.15) is 0 Å². The molecule has 0 fully saturated rings. The van der Waals surface area contributed by atoms with Gasteiger partial charge in [0.15, 0.2) is 11.6 Å². The van der Waals surface area contributed by atoms with Crippen LogP contribution in [-0.4, -0.2) is 6.61 Å². The van der Waals surface area contributed by atoms with Crippen LogP contribution in [0.3, 0.4) is 0 Å². The van der Waals surface area contributed by atoms with Gasteiger partial charge in [-0.1, -0.05) is 35.3 Å². The molecule has 100 valence electrons. The molecule has 0 amide bonds. The lowest BCUT2D eigenvalue weighted by molar-refractivity contribution is -0.0521. The maximum atomic E-state index is 13.3. The molecule has 0 aliphatic carbocycles. The molecule has 2 rings (SSSR count). The zero-order valence-corrected chi connectivity index (χ0v) is 10.9. The largest absolute Gasteiger partial charge is 0.432 e. The highest BCUT2D eigenvalue weighted by atomic mass is 35.5. The van der Waals surface area contributed by atoms with Crippen molar-refractivity contribution in [1.29, 1.82) is 0 Å². The molecular formula is C13H7Cl2F3O. The molecule has 6 heteroatoms. The summed E-state index contributed by atoms with van der Waals surface area (Å²) in [5.41, 5.74) is 0.831. The third kappa shape index (κ3) is 3.14. The van der Waals surface area contributed by atoms with Gasteiger partial charge < -0.3 is 4.74 Å². The van der Waals surface area contributed by atoms with E-state index in [4.69, 9.17) is 23.2 Å². The lowest BCUT2D eigenvalue weighted by Gasteiger charge is -2.10. The summed E-state index contributed by atoms with van der Waals surface area (Å²) >= 11 is 12.0. The monoisotopic (exact) mass is 306 g/mol. The zero-order chi connectivity index (χ0) is 14.0. The molecule has 0 atom stereocenters. The molecule has 0 bridgehead atoms. The Morgan fingerprint density at radius 2 is 1.63 bits per heavy atom. The average molecular weight is 307 g/mol. The number of rotatable bonds is 3. The van der Waals surface area contributed by atoms with Gasteiger partial charge in [0.25, 0.3) is 0 Å². The van der Waals surface area contributed by atoms with Crippen molar-refractivity contribution >= 4 is 23.2 Å². The third-order valence-corrected chi connectivity index (χ3v) is 3.03.